The monoisotopic (exact) mass is 482 g/mol. The highest BCUT2D eigenvalue weighted by Gasteiger charge is 2.38. The Morgan fingerprint density at radius 2 is 1.69 bits per heavy atom. The van der Waals surface area contributed by atoms with Crippen LogP contribution in [0.4, 0.5) is 5.69 Å². The van der Waals surface area contributed by atoms with E-state index in [0.29, 0.717) is 29.9 Å². The third kappa shape index (κ3) is 7.40. The summed E-state index contributed by atoms with van der Waals surface area (Å²) in [6.07, 6.45) is 1.12. The van der Waals surface area contributed by atoms with Gasteiger partial charge in [-0.15, -0.1) is 0 Å². The summed E-state index contributed by atoms with van der Waals surface area (Å²) in [7, 11) is 0. The molecule has 0 saturated heterocycles. The number of nitriles is 1. The molecule has 2 aromatic carbocycles. The van der Waals surface area contributed by atoms with Gasteiger partial charge >= 0.3 is 11.9 Å². The number of fused-ring (bicyclic) bond motifs is 1. The van der Waals surface area contributed by atoms with Gasteiger partial charge in [-0.25, -0.2) is 9.59 Å². The van der Waals surface area contributed by atoms with E-state index in [4.69, 9.17) is 15.9 Å². The molecule has 10 nitrogen and oxygen atoms in total. The van der Waals surface area contributed by atoms with E-state index in [9.17, 15) is 19.6 Å². The van der Waals surface area contributed by atoms with E-state index in [0.717, 1.165) is 36.3 Å². The second-order valence-corrected chi connectivity index (χ2v) is 7.48. The number of carbonyl (C=O) groups is 3. The first kappa shape index (κ1) is 28.8. The number of aliphatic carboxylic acids is 2. The number of amides is 1. The van der Waals surface area contributed by atoms with Crippen LogP contribution in [0.5, 0.6) is 0 Å². The summed E-state index contributed by atoms with van der Waals surface area (Å²) >= 11 is 0. The minimum absolute atomic E-state index is 0. The number of hydrogen-bond donors (Lipinski definition) is 3. The molecule has 0 fully saturated rings. The number of rotatable bonds is 8. The van der Waals surface area contributed by atoms with Crippen LogP contribution in [-0.2, 0) is 9.59 Å². The van der Waals surface area contributed by atoms with Crippen molar-refractivity contribution in [3.8, 4) is 6.07 Å². The van der Waals surface area contributed by atoms with E-state index in [1.807, 2.05) is 29.2 Å². The molecule has 0 aliphatic carbocycles. The van der Waals surface area contributed by atoms with Gasteiger partial charge in [0, 0.05) is 42.1 Å². The van der Waals surface area contributed by atoms with Gasteiger partial charge in [0.15, 0.2) is 0 Å². The molecule has 1 heterocycles. The van der Waals surface area contributed by atoms with Crippen molar-refractivity contribution >= 4 is 23.5 Å². The Labute approximate surface area is 203 Å². The van der Waals surface area contributed by atoms with E-state index in [1.165, 1.54) is 0 Å². The largest absolute Gasteiger partial charge is 0.478 e. The van der Waals surface area contributed by atoms with Crippen LogP contribution in [0.3, 0.4) is 0 Å². The predicted octanol–water partition coefficient (Wildman–Crippen LogP) is 1.91. The lowest BCUT2D eigenvalue weighted by Crippen LogP contribution is -2.37. The Bertz CT molecular complexity index is 1110. The summed E-state index contributed by atoms with van der Waals surface area (Å²) in [5, 5.41) is 24.9. The molecule has 1 aliphatic heterocycles. The summed E-state index contributed by atoms with van der Waals surface area (Å²) in [6.45, 7) is 7.56. The number of carboxylic acids is 2. The molecule has 1 unspecified atom stereocenters. The van der Waals surface area contributed by atoms with Gasteiger partial charge in [0.25, 0.3) is 5.91 Å². The number of nitrogens with zero attached hydrogens (tertiary/aromatic N) is 3. The average molecular weight is 483 g/mol. The van der Waals surface area contributed by atoms with Gasteiger partial charge in [0.1, 0.15) is 0 Å². The van der Waals surface area contributed by atoms with Gasteiger partial charge in [0.2, 0.25) is 0 Å². The van der Waals surface area contributed by atoms with Crippen LogP contribution in [0, 0.1) is 11.3 Å². The number of anilines is 1. The van der Waals surface area contributed by atoms with E-state index in [1.54, 1.807) is 18.2 Å². The minimum atomic E-state index is -1.26. The zero-order valence-corrected chi connectivity index (χ0v) is 19.6. The quantitative estimate of drug-likeness (QED) is 0.377. The summed E-state index contributed by atoms with van der Waals surface area (Å²) in [5.74, 6) is -2.49. The van der Waals surface area contributed by atoms with Gasteiger partial charge in [-0.2, -0.15) is 5.26 Å². The standard InChI is InChI=1S/C21H24N4O.C4H4O4.H2O/c1-3-24(4-2)11-12-25-20(16-7-5-6-8-17(16)21(25)26)18-13-15(14-22)9-10-19(18)23;5-3(6)1-2-4(7)8;/h5-10,13,20H,3-4,11-12,23H2,1-2H3;1-2H,(H,5,6)(H,7,8);1H2/b;2-1+;. The lowest BCUT2D eigenvalue weighted by molar-refractivity contribution is -0.134. The normalized spacial score (nSPS) is 14.1. The maximum Gasteiger partial charge on any atom is 0.328 e. The fourth-order valence-electron chi connectivity index (χ4n) is 3.75. The Morgan fingerprint density at radius 3 is 2.23 bits per heavy atom. The van der Waals surface area contributed by atoms with Crippen molar-refractivity contribution in [1.29, 1.82) is 5.26 Å². The molecule has 0 radical (unpaired) electrons. The Hall–Kier alpha value is -4.20. The topological polar surface area (TPSA) is 179 Å². The third-order valence-corrected chi connectivity index (χ3v) is 5.49. The molecule has 1 atom stereocenters. The summed E-state index contributed by atoms with van der Waals surface area (Å²) in [4.78, 5) is 36.3. The van der Waals surface area contributed by atoms with Crippen molar-refractivity contribution in [2.45, 2.75) is 19.9 Å². The number of hydrogen-bond acceptors (Lipinski definition) is 6. The van der Waals surface area contributed by atoms with Crippen molar-refractivity contribution in [1.82, 2.24) is 9.80 Å². The van der Waals surface area contributed by atoms with Crippen molar-refractivity contribution in [3.63, 3.8) is 0 Å². The highest BCUT2D eigenvalue weighted by atomic mass is 16.4. The van der Waals surface area contributed by atoms with Crippen molar-refractivity contribution in [2.24, 2.45) is 0 Å². The molecule has 0 bridgehead atoms. The van der Waals surface area contributed by atoms with Crippen LogP contribution in [-0.4, -0.2) is 69.5 Å². The van der Waals surface area contributed by atoms with Crippen LogP contribution in [0.2, 0.25) is 0 Å². The van der Waals surface area contributed by atoms with Crippen LogP contribution in [0.25, 0.3) is 0 Å². The maximum atomic E-state index is 13.0. The molecule has 0 saturated carbocycles. The van der Waals surface area contributed by atoms with Gasteiger partial charge in [-0.05, 0) is 42.9 Å². The number of nitrogen functional groups attached to an aromatic ring is 1. The molecule has 1 amide bonds. The zero-order valence-electron chi connectivity index (χ0n) is 19.6. The van der Waals surface area contributed by atoms with Crippen LogP contribution in [0.1, 0.15) is 46.9 Å². The molecule has 35 heavy (non-hydrogen) atoms. The molecule has 10 heteroatoms. The van der Waals surface area contributed by atoms with Gasteiger partial charge in [0.05, 0.1) is 17.7 Å². The highest BCUT2D eigenvalue weighted by molar-refractivity contribution is 6.00. The number of benzene rings is 2. The van der Waals surface area contributed by atoms with Crippen LogP contribution < -0.4 is 5.73 Å². The molecule has 0 aromatic heterocycles. The fraction of sp³-hybridized carbons (Fsp3) is 0.280. The lowest BCUT2D eigenvalue weighted by atomic mass is 9.95. The van der Waals surface area contributed by atoms with E-state index in [-0.39, 0.29) is 17.4 Å². The van der Waals surface area contributed by atoms with E-state index in [2.05, 4.69) is 24.8 Å². The molecule has 3 rings (SSSR count). The molecule has 186 valence electrons. The highest BCUT2D eigenvalue weighted by Crippen LogP contribution is 2.40. The van der Waals surface area contributed by atoms with E-state index >= 15 is 0 Å². The summed E-state index contributed by atoms with van der Waals surface area (Å²) < 4.78 is 0. The number of nitrogens with two attached hydrogens (primary N) is 1. The average Bonchev–Trinajstić information content (AvgIpc) is 3.11. The molecule has 0 spiro atoms. The van der Waals surface area contributed by atoms with Gasteiger partial charge < -0.3 is 31.2 Å². The fourth-order valence-corrected chi connectivity index (χ4v) is 3.75. The second kappa shape index (κ2) is 13.5. The molecule has 2 aromatic rings. The van der Waals surface area contributed by atoms with Gasteiger partial charge in [-0.1, -0.05) is 32.0 Å². The SMILES string of the molecule is CCN(CC)CCN1C(=O)c2ccccc2C1c1cc(C#N)ccc1N.O.O=C(O)/C=C/C(=O)O. The van der Waals surface area contributed by atoms with Crippen LogP contribution in [0.15, 0.2) is 54.6 Å². The smallest absolute Gasteiger partial charge is 0.328 e. The minimum Gasteiger partial charge on any atom is -0.478 e. The first-order valence-electron chi connectivity index (χ1n) is 10.8. The molecular formula is C25H30N4O6. The molecule has 6 N–H and O–H groups in total. The molecule has 1 aliphatic rings. The lowest BCUT2D eigenvalue weighted by Gasteiger charge is -2.29. The maximum absolute atomic E-state index is 13.0. The van der Waals surface area contributed by atoms with Crippen molar-refractivity contribution in [3.05, 3.63) is 76.9 Å². The van der Waals surface area contributed by atoms with Crippen molar-refractivity contribution in [2.75, 3.05) is 31.9 Å². The zero-order chi connectivity index (χ0) is 25.3. The molecular weight excluding hydrogens is 452 g/mol. The number of carboxylic acid groups (broad SMARTS) is 2. The number of likely N-dealkylation sites (N-methyl/N-ethyl adjacent to an activating group) is 1. The predicted molar refractivity (Wildman–Crippen MR) is 131 cm³/mol. The second-order valence-electron chi connectivity index (χ2n) is 7.48. The first-order chi connectivity index (χ1) is 16.2. The number of carbonyl (C=O) groups excluding carboxylic acids is 1. The van der Waals surface area contributed by atoms with Crippen LogP contribution >= 0.6 is 0 Å². The first-order valence-corrected chi connectivity index (χ1v) is 10.8. The Balaban J connectivity index is 0.000000590. The summed E-state index contributed by atoms with van der Waals surface area (Å²) in [5.41, 5.74) is 9.89. The van der Waals surface area contributed by atoms with E-state index < -0.39 is 11.9 Å². The Kier molecular flexibility index (Phi) is 11.1. The Morgan fingerprint density at radius 1 is 1.09 bits per heavy atom. The van der Waals surface area contributed by atoms with Gasteiger partial charge in [-0.3, -0.25) is 4.79 Å². The third-order valence-electron chi connectivity index (χ3n) is 5.49. The van der Waals surface area contributed by atoms with Crippen molar-refractivity contribution < 1.29 is 30.1 Å². The summed E-state index contributed by atoms with van der Waals surface area (Å²) in [6, 6.07) is 14.9.